The topological polar surface area (TPSA) is 70.7 Å². The van der Waals surface area contributed by atoms with Gasteiger partial charge >= 0.3 is 12.0 Å². The first-order valence-corrected chi connectivity index (χ1v) is 5.04. The van der Waals surface area contributed by atoms with Gasteiger partial charge in [-0.2, -0.15) is 0 Å². The minimum Gasteiger partial charge on any atom is -0.469 e. The molecule has 0 spiro atoms. The van der Waals surface area contributed by atoms with E-state index >= 15 is 0 Å². The van der Waals surface area contributed by atoms with E-state index in [1.165, 1.54) is 7.11 Å². The number of methoxy groups -OCH3 is 1. The van der Waals surface area contributed by atoms with Crippen molar-refractivity contribution in [1.82, 2.24) is 15.5 Å². The summed E-state index contributed by atoms with van der Waals surface area (Å²) in [6.45, 7) is 3.40. The number of carbonyl (C=O) groups is 2. The molecule has 2 amide bonds. The normalized spacial score (nSPS) is 15.9. The summed E-state index contributed by atoms with van der Waals surface area (Å²) in [6.07, 6.45) is 0.217. The summed E-state index contributed by atoms with van der Waals surface area (Å²) in [6, 6.07) is -0.111. The summed E-state index contributed by atoms with van der Waals surface area (Å²) in [4.78, 5) is 24.0. The molecule has 1 rings (SSSR count). The largest absolute Gasteiger partial charge is 0.469 e. The first kappa shape index (κ1) is 11.8. The van der Waals surface area contributed by atoms with Gasteiger partial charge in [-0.05, 0) is 0 Å². The number of hydrogen-bond acceptors (Lipinski definition) is 4. The molecule has 1 aliphatic rings. The van der Waals surface area contributed by atoms with Crippen LogP contribution in [0.2, 0.25) is 0 Å². The number of nitrogens with one attached hydrogen (secondary N) is 2. The number of ether oxygens (including phenoxy) is 1. The van der Waals surface area contributed by atoms with E-state index in [-0.39, 0.29) is 18.4 Å². The van der Waals surface area contributed by atoms with Gasteiger partial charge in [-0.15, -0.1) is 0 Å². The SMILES string of the molecule is COC(=O)CCNC(=O)N1CCNCC1. The molecule has 6 heteroatoms. The molecule has 0 aromatic heterocycles. The highest BCUT2D eigenvalue weighted by Crippen LogP contribution is 1.92. The van der Waals surface area contributed by atoms with E-state index in [0.717, 1.165) is 13.1 Å². The lowest BCUT2D eigenvalue weighted by Gasteiger charge is -2.27. The Morgan fingerprint density at radius 3 is 2.67 bits per heavy atom. The minimum absolute atomic E-state index is 0.111. The third kappa shape index (κ3) is 4.16. The molecule has 86 valence electrons. The molecule has 0 aromatic rings. The van der Waals surface area contributed by atoms with Crippen molar-refractivity contribution >= 4 is 12.0 Å². The third-order valence-corrected chi connectivity index (χ3v) is 2.24. The lowest BCUT2D eigenvalue weighted by Crippen LogP contribution is -2.50. The number of rotatable bonds is 3. The summed E-state index contributed by atoms with van der Waals surface area (Å²) < 4.78 is 4.46. The maximum atomic E-state index is 11.5. The maximum absolute atomic E-state index is 11.5. The highest BCUT2D eigenvalue weighted by molar-refractivity contribution is 5.75. The summed E-state index contributed by atoms with van der Waals surface area (Å²) in [5.41, 5.74) is 0. The number of piperazine rings is 1. The Hall–Kier alpha value is -1.30. The Kier molecular flexibility index (Phi) is 4.89. The fourth-order valence-corrected chi connectivity index (χ4v) is 1.35. The van der Waals surface area contributed by atoms with Crippen LogP contribution in [0.5, 0.6) is 0 Å². The fourth-order valence-electron chi connectivity index (χ4n) is 1.35. The monoisotopic (exact) mass is 215 g/mol. The molecule has 2 N–H and O–H groups in total. The van der Waals surface area contributed by atoms with Crippen LogP contribution in [0, 0.1) is 0 Å². The summed E-state index contributed by atoms with van der Waals surface area (Å²) in [5.74, 6) is -0.310. The van der Waals surface area contributed by atoms with E-state index in [1.807, 2.05) is 0 Å². The van der Waals surface area contributed by atoms with Crippen molar-refractivity contribution in [2.45, 2.75) is 6.42 Å². The smallest absolute Gasteiger partial charge is 0.317 e. The van der Waals surface area contributed by atoms with Crippen molar-refractivity contribution in [3.8, 4) is 0 Å². The molecule has 0 atom stereocenters. The van der Waals surface area contributed by atoms with Gasteiger partial charge in [-0.3, -0.25) is 4.79 Å². The molecule has 0 saturated carbocycles. The van der Waals surface area contributed by atoms with Crippen LogP contribution in [0.3, 0.4) is 0 Å². The molecule has 1 heterocycles. The van der Waals surface area contributed by atoms with Gasteiger partial charge in [0.15, 0.2) is 0 Å². The van der Waals surface area contributed by atoms with Crippen LogP contribution in [0.1, 0.15) is 6.42 Å². The first-order valence-electron chi connectivity index (χ1n) is 5.04. The van der Waals surface area contributed by atoms with Crippen molar-refractivity contribution in [3.63, 3.8) is 0 Å². The van der Waals surface area contributed by atoms with Gasteiger partial charge < -0.3 is 20.3 Å². The Morgan fingerprint density at radius 2 is 2.07 bits per heavy atom. The zero-order chi connectivity index (χ0) is 11.1. The second kappa shape index (κ2) is 6.23. The number of hydrogen-bond donors (Lipinski definition) is 2. The standard InChI is InChI=1S/C9H17N3O3/c1-15-8(13)2-3-11-9(14)12-6-4-10-5-7-12/h10H,2-7H2,1H3,(H,11,14). The van der Waals surface area contributed by atoms with Crippen LogP contribution in [0.25, 0.3) is 0 Å². The molecular weight excluding hydrogens is 198 g/mol. The lowest BCUT2D eigenvalue weighted by atomic mass is 10.4. The molecular formula is C9H17N3O3. The predicted octanol–water partition coefficient (Wildman–Crippen LogP) is -0.836. The molecule has 0 radical (unpaired) electrons. The van der Waals surface area contributed by atoms with Crippen molar-refractivity contribution in [1.29, 1.82) is 0 Å². The lowest BCUT2D eigenvalue weighted by molar-refractivity contribution is -0.140. The van der Waals surface area contributed by atoms with Crippen LogP contribution >= 0.6 is 0 Å². The maximum Gasteiger partial charge on any atom is 0.317 e. The van der Waals surface area contributed by atoms with Crippen LogP contribution < -0.4 is 10.6 Å². The number of carbonyl (C=O) groups excluding carboxylic acids is 2. The molecule has 0 aromatic carbocycles. The molecule has 6 nitrogen and oxygen atoms in total. The second-order valence-electron chi connectivity index (χ2n) is 3.30. The zero-order valence-electron chi connectivity index (χ0n) is 8.91. The fraction of sp³-hybridized carbons (Fsp3) is 0.778. The number of esters is 1. The molecule has 1 aliphatic heterocycles. The Labute approximate surface area is 88.9 Å². The molecule has 1 fully saturated rings. The third-order valence-electron chi connectivity index (χ3n) is 2.24. The average Bonchev–Trinajstić information content (AvgIpc) is 2.29. The molecule has 0 unspecified atom stereocenters. The minimum atomic E-state index is -0.310. The van der Waals surface area contributed by atoms with Crippen LogP contribution in [-0.4, -0.2) is 56.7 Å². The highest BCUT2D eigenvalue weighted by atomic mass is 16.5. The first-order chi connectivity index (χ1) is 7.24. The molecule has 1 saturated heterocycles. The van der Waals surface area contributed by atoms with E-state index in [9.17, 15) is 9.59 Å². The van der Waals surface area contributed by atoms with Gasteiger partial charge in [0.1, 0.15) is 0 Å². The van der Waals surface area contributed by atoms with Crippen LogP contribution in [-0.2, 0) is 9.53 Å². The number of nitrogens with zero attached hydrogens (tertiary/aromatic N) is 1. The summed E-state index contributed by atoms with van der Waals surface area (Å²) in [7, 11) is 1.33. The van der Waals surface area contributed by atoms with E-state index < -0.39 is 0 Å². The highest BCUT2D eigenvalue weighted by Gasteiger charge is 2.15. The van der Waals surface area contributed by atoms with Gasteiger partial charge in [0.2, 0.25) is 0 Å². The molecule has 0 bridgehead atoms. The van der Waals surface area contributed by atoms with Gasteiger partial charge in [0.05, 0.1) is 13.5 Å². The second-order valence-corrected chi connectivity index (χ2v) is 3.30. The Balaban J connectivity index is 2.14. The van der Waals surface area contributed by atoms with Gasteiger partial charge in [-0.1, -0.05) is 0 Å². The number of amides is 2. The van der Waals surface area contributed by atoms with Crippen molar-refractivity contribution in [2.75, 3.05) is 39.8 Å². The van der Waals surface area contributed by atoms with Crippen LogP contribution in [0.4, 0.5) is 4.79 Å². The van der Waals surface area contributed by atoms with Gasteiger partial charge in [0, 0.05) is 32.7 Å². The molecule has 0 aliphatic carbocycles. The predicted molar refractivity (Wildman–Crippen MR) is 54.5 cm³/mol. The van der Waals surface area contributed by atoms with Crippen molar-refractivity contribution in [2.24, 2.45) is 0 Å². The Bertz CT molecular complexity index is 227. The van der Waals surface area contributed by atoms with E-state index in [4.69, 9.17) is 0 Å². The van der Waals surface area contributed by atoms with E-state index in [1.54, 1.807) is 4.90 Å². The van der Waals surface area contributed by atoms with Crippen molar-refractivity contribution in [3.05, 3.63) is 0 Å². The van der Waals surface area contributed by atoms with Gasteiger partial charge in [0.25, 0.3) is 0 Å². The van der Waals surface area contributed by atoms with E-state index in [0.29, 0.717) is 19.6 Å². The van der Waals surface area contributed by atoms with Crippen LogP contribution in [0.15, 0.2) is 0 Å². The molecule has 15 heavy (non-hydrogen) atoms. The van der Waals surface area contributed by atoms with E-state index in [2.05, 4.69) is 15.4 Å². The van der Waals surface area contributed by atoms with Crippen molar-refractivity contribution < 1.29 is 14.3 Å². The zero-order valence-corrected chi connectivity index (χ0v) is 8.91. The Morgan fingerprint density at radius 1 is 1.40 bits per heavy atom. The summed E-state index contributed by atoms with van der Waals surface area (Å²) in [5, 5.41) is 5.83. The van der Waals surface area contributed by atoms with Gasteiger partial charge in [-0.25, -0.2) is 4.79 Å². The summed E-state index contributed by atoms with van der Waals surface area (Å²) >= 11 is 0. The quantitative estimate of drug-likeness (QED) is 0.602. The number of urea groups is 1. The average molecular weight is 215 g/mol.